The Labute approximate surface area is 129 Å². The molecule has 19 heavy (non-hydrogen) atoms. The maximum atomic E-state index is 6.45. The first kappa shape index (κ1) is 15.5. The largest absolute Gasteiger partial charge is 0.326 e. The van der Waals surface area contributed by atoms with E-state index < -0.39 is 0 Å². The minimum atomic E-state index is 0.221. The summed E-state index contributed by atoms with van der Waals surface area (Å²) in [7, 11) is 0. The molecule has 108 valence electrons. The van der Waals surface area contributed by atoms with Gasteiger partial charge in [-0.05, 0) is 60.6 Å². The summed E-state index contributed by atoms with van der Waals surface area (Å²) in [5.41, 5.74) is 6.45. The van der Waals surface area contributed by atoms with Gasteiger partial charge in [-0.2, -0.15) is 0 Å². The summed E-state index contributed by atoms with van der Waals surface area (Å²) in [6.07, 6.45) is 3.67. The van der Waals surface area contributed by atoms with Gasteiger partial charge in [0, 0.05) is 26.8 Å². The highest BCUT2D eigenvalue weighted by molar-refractivity contribution is 9.10. The number of hydrogen-bond donors (Lipinski definition) is 1. The van der Waals surface area contributed by atoms with E-state index in [-0.39, 0.29) is 6.04 Å². The molecule has 1 saturated heterocycles. The van der Waals surface area contributed by atoms with Gasteiger partial charge < -0.3 is 5.73 Å². The van der Waals surface area contributed by atoms with E-state index in [1.54, 1.807) is 0 Å². The highest BCUT2D eigenvalue weighted by Crippen LogP contribution is 2.37. The predicted octanol–water partition coefficient (Wildman–Crippen LogP) is 4.41. The molecule has 0 bridgehead atoms. The van der Waals surface area contributed by atoms with E-state index in [2.05, 4.69) is 53.0 Å². The van der Waals surface area contributed by atoms with Crippen LogP contribution in [0, 0.1) is 5.92 Å². The Kier molecular flexibility index (Phi) is 5.46. The van der Waals surface area contributed by atoms with E-state index in [0.29, 0.717) is 12.1 Å². The Hall–Kier alpha value is 0.1000. The van der Waals surface area contributed by atoms with Crippen LogP contribution >= 0.6 is 27.3 Å². The minimum Gasteiger partial charge on any atom is -0.326 e. The zero-order valence-electron chi connectivity index (χ0n) is 12.1. The van der Waals surface area contributed by atoms with Gasteiger partial charge in [0.15, 0.2) is 0 Å². The number of thiophene rings is 1. The van der Waals surface area contributed by atoms with E-state index in [4.69, 9.17) is 5.73 Å². The summed E-state index contributed by atoms with van der Waals surface area (Å²) in [6, 6.07) is 3.46. The molecule has 0 aliphatic carbocycles. The van der Waals surface area contributed by atoms with Crippen molar-refractivity contribution in [2.24, 2.45) is 11.7 Å². The SMILES string of the molecule is CCC(N)C(c1cc(Br)cs1)N1CCCC(C)C1C. The van der Waals surface area contributed by atoms with E-state index >= 15 is 0 Å². The molecule has 0 saturated carbocycles. The van der Waals surface area contributed by atoms with Crippen LogP contribution in [-0.2, 0) is 0 Å². The second-order valence-corrected chi connectivity index (χ2v) is 7.64. The standard InChI is InChI=1S/C15H25BrN2S/c1-4-13(17)15(14-8-12(16)9-19-14)18-7-5-6-10(2)11(18)3/h8-11,13,15H,4-7,17H2,1-3H3. The number of hydrogen-bond acceptors (Lipinski definition) is 3. The first-order valence-electron chi connectivity index (χ1n) is 7.29. The van der Waals surface area contributed by atoms with Crippen LogP contribution in [0.2, 0.25) is 0 Å². The lowest BCUT2D eigenvalue weighted by Crippen LogP contribution is -2.49. The lowest BCUT2D eigenvalue weighted by molar-refractivity contribution is 0.0562. The van der Waals surface area contributed by atoms with Crippen molar-refractivity contribution in [1.29, 1.82) is 0 Å². The second-order valence-electron chi connectivity index (χ2n) is 5.78. The maximum Gasteiger partial charge on any atom is 0.0596 e. The predicted molar refractivity (Wildman–Crippen MR) is 87.6 cm³/mol. The molecule has 4 atom stereocenters. The molecule has 2 rings (SSSR count). The second kappa shape index (κ2) is 6.70. The molecular weight excluding hydrogens is 320 g/mol. The highest BCUT2D eigenvalue weighted by Gasteiger charge is 2.34. The number of rotatable bonds is 4. The molecule has 2 heterocycles. The summed E-state index contributed by atoms with van der Waals surface area (Å²) in [5, 5.41) is 2.17. The molecule has 0 amide bonds. The molecule has 4 unspecified atom stereocenters. The molecular formula is C15H25BrN2S. The van der Waals surface area contributed by atoms with Crippen molar-refractivity contribution >= 4 is 27.3 Å². The average molecular weight is 345 g/mol. The Balaban J connectivity index is 2.27. The van der Waals surface area contributed by atoms with Crippen molar-refractivity contribution in [1.82, 2.24) is 4.90 Å². The first-order valence-corrected chi connectivity index (χ1v) is 8.97. The van der Waals surface area contributed by atoms with Crippen molar-refractivity contribution in [2.75, 3.05) is 6.54 Å². The fraction of sp³-hybridized carbons (Fsp3) is 0.733. The molecule has 0 spiro atoms. The van der Waals surface area contributed by atoms with E-state index in [0.717, 1.165) is 12.3 Å². The van der Waals surface area contributed by atoms with Crippen LogP contribution in [0.5, 0.6) is 0 Å². The zero-order chi connectivity index (χ0) is 14.0. The smallest absolute Gasteiger partial charge is 0.0596 e. The Morgan fingerprint density at radius 2 is 2.26 bits per heavy atom. The molecule has 1 aromatic heterocycles. The van der Waals surface area contributed by atoms with Gasteiger partial charge >= 0.3 is 0 Å². The Bertz CT molecular complexity index is 407. The fourth-order valence-corrected chi connectivity index (χ4v) is 4.73. The summed E-state index contributed by atoms with van der Waals surface area (Å²) in [5.74, 6) is 0.767. The van der Waals surface area contributed by atoms with Crippen LogP contribution in [0.1, 0.15) is 51.0 Å². The highest BCUT2D eigenvalue weighted by atomic mass is 79.9. The fourth-order valence-electron chi connectivity index (χ4n) is 3.09. The molecule has 1 aliphatic heterocycles. The average Bonchev–Trinajstić information content (AvgIpc) is 2.81. The van der Waals surface area contributed by atoms with Gasteiger partial charge in [-0.15, -0.1) is 11.3 Å². The normalized spacial score (nSPS) is 28.3. The third-order valence-corrected chi connectivity index (χ3v) is 6.30. The van der Waals surface area contributed by atoms with Crippen molar-refractivity contribution < 1.29 is 0 Å². The molecule has 4 heteroatoms. The number of piperidine rings is 1. The van der Waals surface area contributed by atoms with Gasteiger partial charge in [0.2, 0.25) is 0 Å². The molecule has 0 radical (unpaired) electrons. The molecule has 2 nitrogen and oxygen atoms in total. The molecule has 1 fully saturated rings. The van der Waals surface area contributed by atoms with E-state index in [1.165, 1.54) is 28.7 Å². The molecule has 0 aromatic carbocycles. The van der Waals surface area contributed by atoms with Crippen molar-refractivity contribution in [3.05, 3.63) is 20.8 Å². The van der Waals surface area contributed by atoms with Gasteiger partial charge in [0.25, 0.3) is 0 Å². The quantitative estimate of drug-likeness (QED) is 0.876. The van der Waals surface area contributed by atoms with E-state index in [1.807, 2.05) is 11.3 Å². The number of halogens is 1. The van der Waals surface area contributed by atoms with Gasteiger partial charge in [0.05, 0.1) is 6.04 Å². The first-order chi connectivity index (χ1) is 9.04. The van der Waals surface area contributed by atoms with Gasteiger partial charge in [-0.25, -0.2) is 0 Å². The van der Waals surface area contributed by atoms with Crippen LogP contribution < -0.4 is 5.73 Å². The zero-order valence-corrected chi connectivity index (χ0v) is 14.5. The van der Waals surface area contributed by atoms with Crippen LogP contribution in [0.15, 0.2) is 15.9 Å². The van der Waals surface area contributed by atoms with Crippen LogP contribution in [0.3, 0.4) is 0 Å². The van der Waals surface area contributed by atoms with Gasteiger partial charge in [0.1, 0.15) is 0 Å². The topological polar surface area (TPSA) is 29.3 Å². The third-order valence-electron chi connectivity index (χ3n) is 4.54. The molecule has 1 aromatic rings. The van der Waals surface area contributed by atoms with Crippen molar-refractivity contribution in [3.8, 4) is 0 Å². The van der Waals surface area contributed by atoms with Crippen LogP contribution in [0.25, 0.3) is 0 Å². The third kappa shape index (κ3) is 3.41. The van der Waals surface area contributed by atoms with Gasteiger partial charge in [-0.1, -0.05) is 13.8 Å². The lowest BCUT2D eigenvalue weighted by Gasteiger charge is -2.44. The molecule has 1 aliphatic rings. The van der Waals surface area contributed by atoms with Gasteiger partial charge in [-0.3, -0.25) is 4.90 Å². The monoisotopic (exact) mass is 344 g/mol. The van der Waals surface area contributed by atoms with Crippen LogP contribution in [-0.4, -0.2) is 23.5 Å². The van der Waals surface area contributed by atoms with Crippen LogP contribution in [0.4, 0.5) is 0 Å². The lowest BCUT2D eigenvalue weighted by atomic mass is 9.88. The Morgan fingerprint density at radius 3 is 2.84 bits per heavy atom. The summed E-state index contributed by atoms with van der Waals surface area (Å²) in [4.78, 5) is 4.04. The Morgan fingerprint density at radius 1 is 1.53 bits per heavy atom. The number of nitrogens with zero attached hydrogens (tertiary/aromatic N) is 1. The number of nitrogens with two attached hydrogens (primary N) is 1. The maximum absolute atomic E-state index is 6.45. The summed E-state index contributed by atoms with van der Waals surface area (Å²) in [6.45, 7) is 8.11. The summed E-state index contributed by atoms with van der Waals surface area (Å²) < 4.78 is 1.18. The summed E-state index contributed by atoms with van der Waals surface area (Å²) >= 11 is 5.40. The minimum absolute atomic E-state index is 0.221. The molecule has 2 N–H and O–H groups in total. The van der Waals surface area contributed by atoms with E-state index in [9.17, 15) is 0 Å². The van der Waals surface area contributed by atoms with Crippen molar-refractivity contribution in [3.63, 3.8) is 0 Å². The van der Waals surface area contributed by atoms with Crippen molar-refractivity contribution in [2.45, 2.75) is 58.2 Å². The number of likely N-dealkylation sites (tertiary alicyclic amines) is 1.